The number of carboxylic acid groups (broad SMARTS) is 2. The number of phenolic OH excluding ortho intramolecular Hbond substituents is 2. The van der Waals surface area contributed by atoms with Crippen LogP contribution >= 0.6 is 0 Å². The molecule has 0 aliphatic carbocycles. The van der Waals surface area contributed by atoms with Crippen molar-refractivity contribution in [3.05, 3.63) is 33.6 Å². The van der Waals surface area contributed by atoms with Crippen LogP contribution in [0.3, 0.4) is 0 Å². The molecule has 0 unspecified atom stereocenters. The average molecular weight is 265 g/mol. The molecular weight excluding hydrogens is 258 g/mol. The van der Waals surface area contributed by atoms with Gasteiger partial charge >= 0.3 is 11.9 Å². The Morgan fingerprint density at radius 3 is 2.11 bits per heavy atom. The van der Waals surface area contributed by atoms with E-state index in [4.69, 9.17) is 10.2 Å². The molecule has 5 N–H and O–H groups in total. The molecular formula is C11H7NO7. The van der Waals surface area contributed by atoms with Gasteiger partial charge in [-0.05, 0) is 6.07 Å². The molecule has 0 aliphatic heterocycles. The third kappa shape index (κ3) is 1.84. The molecule has 1 aromatic carbocycles. The lowest BCUT2D eigenvalue weighted by atomic mass is 10.1. The topological polar surface area (TPSA) is 148 Å². The number of benzene rings is 1. The Bertz CT molecular complexity index is 775. The molecule has 0 atom stereocenters. The van der Waals surface area contributed by atoms with Crippen molar-refractivity contribution in [3.8, 4) is 11.5 Å². The number of H-pyrrole nitrogens is 1. The monoisotopic (exact) mass is 265 g/mol. The van der Waals surface area contributed by atoms with Crippen LogP contribution in [-0.2, 0) is 0 Å². The number of aromatic carboxylic acids is 2. The molecule has 0 bridgehead atoms. The molecule has 2 rings (SSSR count). The zero-order chi connectivity index (χ0) is 14.3. The van der Waals surface area contributed by atoms with Crippen molar-refractivity contribution < 1.29 is 30.0 Å². The fourth-order valence-electron chi connectivity index (χ4n) is 1.68. The normalized spacial score (nSPS) is 10.5. The first-order valence-electron chi connectivity index (χ1n) is 4.91. The van der Waals surface area contributed by atoms with E-state index in [2.05, 4.69) is 4.98 Å². The van der Waals surface area contributed by atoms with E-state index >= 15 is 0 Å². The third-order valence-electron chi connectivity index (χ3n) is 2.52. The van der Waals surface area contributed by atoms with Gasteiger partial charge in [0.2, 0.25) is 5.43 Å². The standard InChI is InChI=1S/C11H7NO7/c13-5-1-3-4(2-6(5)14)12-8(11(18)19)7(9(3)15)10(16)17/h1-2,13-14H,(H,12,15)(H,16,17)(H,18,19). The highest BCUT2D eigenvalue weighted by Gasteiger charge is 2.23. The lowest BCUT2D eigenvalue weighted by Crippen LogP contribution is -2.22. The number of rotatable bonds is 2. The highest BCUT2D eigenvalue weighted by Crippen LogP contribution is 2.28. The predicted octanol–water partition coefficient (Wildman–Crippen LogP) is 0.336. The summed E-state index contributed by atoms with van der Waals surface area (Å²) in [5, 5.41) is 36.1. The molecule has 1 heterocycles. The maximum atomic E-state index is 11.9. The number of carbonyl (C=O) groups is 2. The van der Waals surface area contributed by atoms with Crippen molar-refractivity contribution in [2.24, 2.45) is 0 Å². The Kier molecular flexibility index (Phi) is 2.63. The number of phenols is 2. The van der Waals surface area contributed by atoms with Crippen LogP contribution < -0.4 is 5.43 Å². The van der Waals surface area contributed by atoms with Gasteiger partial charge < -0.3 is 25.4 Å². The highest BCUT2D eigenvalue weighted by atomic mass is 16.4. The Balaban J connectivity index is 3.02. The van der Waals surface area contributed by atoms with Gasteiger partial charge in [0.25, 0.3) is 0 Å². The molecule has 0 radical (unpaired) electrons. The van der Waals surface area contributed by atoms with Crippen LogP contribution in [0.1, 0.15) is 20.8 Å². The van der Waals surface area contributed by atoms with E-state index < -0.39 is 40.1 Å². The van der Waals surface area contributed by atoms with Crippen molar-refractivity contribution in [2.45, 2.75) is 0 Å². The molecule has 0 amide bonds. The third-order valence-corrected chi connectivity index (χ3v) is 2.52. The van der Waals surface area contributed by atoms with E-state index in [-0.39, 0.29) is 10.9 Å². The number of aromatic amines is 1. The van der Waals surface area contributed by atoms with E-state index in [0.717, 1.165) is 12.1 Å². The summed E-state index contributed by atoms with van der Waals surface area (Å²) in [6, 6.07) is 1.80. The number of aromatic hydroxyl groups is 2. The van der Waals surface area contributed by atoms with Crippen molar-refractivity contribution in [1.82, 2.24) is 4.98 Å². The smallest absolute Gasteiger partial charge is 0.353 e. The summed E-state index contributed by atoms with van der Waals surface area (Å²) in [6.07, 6.45) is 0. The summed E-state index contributed by atoms with van der Waals surface area (Å²) in [5.74, 6) is -4.50. The van der Waals surface area contributed by atoms with Gasteiger partial charge in [0.05, 0.1) is 10.9 Å². The predicted molar refractivity (Wildman–Crippen MR) is 61.8 cm³/mol. The second-order valence-corrected chi connectivity index (χ2v) is 3.70. The summed E-state index contributed by atoms with van der Waals surface area (Å²) in [5.41, 5.74) is -2.89. The molecule has 2 aromatic rings. The number of fused-ring (bicyclic) bond motifs is 1. The summed E-state index contributed by atoms with van der Waals surface area (Å²) in [6.45, 7) is 0. The van der Waals surface area contributed by atoms with E-state index in [9.17, 15) is 24.6 Å². The van der Waals surface area contributed by atoms with Crippen molar-refractivity contribution in [2.75, 3.05) is 0 Å². The second-order valence-electron chi connectivity index (χ2n) is 3.70. The number of nitrogens with one attached hydrogen (secondary N) is 1. The molecule has 0 fully saturated rings. The van der Waals surface area contributed by atoms with Gasteiger partial charge in [0.15, 0.2) is 11.5 Å². The minimum Gasteiger partial charge on any atom is -0.504 e. The SMILES string of the molecule is O=C(O)c1[nH]c2cc(O)c(O)cc2c(=O)c1C(=O)O. The maximum absolute atomic E-state index is 11.9. The minimum absolute atomic E-state index is 0.0947. The summed E-state index contributed by atoms with van der Waals surface area (Å²) < 4.78 is 0. The van der Waals surface area contributed by atoms with Crippen LogP contribution in [0.15, 0.2) is 16.9 Å². The fraction of sp³-hybridized carbons (Fsp3) is 0. The summed E-state index contributed by atoms with van der Waals surface area (Å²) >= 11 is 0. The highest BCUT2D eigenvalue weighted by molar-refractivity contribution is 6.03. The van der Waals surface area contributed by atoms with Crippen LogP contribution in [-0.4, -0.2) is 37.3 Å². The maximum Gasteiger partial charge on any atom is 0.353 e. The Labute approximate surface area is 104 Å². The van der Waals surface area contributed by atoms with Crippen LogP contribution in [0.5, 0.6) is 11.5 Å². The van der Waals surface area contributed by atoms with Gasteiger partial charge in [0, 0.05) is 6.07 Å². The van der Waals surface area contributed by atoms with Gasteiger partial charge in [-0.1, -0.05) is 0 Å². The first-order valence-corrected chi connectivity index (χ1v) is 4.91. The van der Waals surface area contributed by atoms with E-state index in [1.807, 2.05) is 0 Å². The van der Waals surface area contributed by atoms with Gasteiger partial charge in [-0.15, -0.1) is 0 Å². The Morgan fingerprint density at radius 2 is 1.58 bits per heavy atom. The molecule has 0 aliphatic rings. The number of carboxylic acids is 2. The molecule has 8 nitrogen and oxygen atoms in total. The average Bonchev–Trinajstić information content (AvgIpc) is 2.30. The number of hydrogen-bond acceptors (Lipinski definition) is 5. The summed E-state index contributed by atoms with van der Waals surface area (Å²) in [4.78, 5) is 36.0. The van der Waals surface area contributed by atoms with Gasteiger partial charge in [-0.3, -0.25) is 4.79 Å². The van der Waals surface area contributed by atoms with E-state index in [1.165, 1.54) is 0 Å². The largest absolute Gasteiger partial charge is 0.504 e. The fourth-order valence-corrected chi connectivity index (χ4v) is 1.68. The van der Waals surface area contributed by atoms with Crippen LogP contribution in [0.25, 0.3) is 10.9 Å². The lowest BCUT2D eigenvalue weighted by molar-refractivity contribution is 0.0646. The van der Waals surface area contributed by atoms with Crippen molar-refractivity contribution in [1.29, 1.82) is 0 Å². The van der Waals surface area contributed by atoms with E-state index in [0.29, 0.717) is 0 Å². The van der Waals surface area contributed by atoms with Crippen LogP contribution in [0.2, 0.25) is 0 Å². The molecule has 0 saturated carbocycles. The first-order chi connectivity index (χ1) is 8.82. The van der Waals surface area contributed by atoms with Gasteiger partial charge in [-0.25, -0.2) is 9.59 Å². The van der Waals surface area contributed by atoms with Crippen LogP contribution in [0.4, 0.5) is 0 Å². The molecule has 0 spiro atoms. The quantitative estimate of drug-likeness (QED) is 0.491. The van der Waals surface area contributed by atoms with Gasteiger partial charge in [-0.2, -0.15) is 0 Å². The first kappa shape index (κ1) is 12.4. The zero-order valence-corrected chi connectivity index (χ0v) is 9.17. The van der Waals surface area contributed by atoms with Crippen molar-refractivity contribution >= 4 is 22.8 Å². The van der Waals surface area contributed by atoms with E-state index in [1.54, 1.807) is 0 Å². The van der Waals surface area contributed by atoms with Gasteiger partial charge in [0.1, 0.15) is 11.3 Å². The van der Waals surface area contributed by atoms with Crippen LogP contribution in [0, 0.1) is 0 Å². The number of aromatic nitrogens is 1. The second kappa shape index (κ2) is 4.02. The number of hydrogen-bond donors (Lipinski definition) is 5. The molecule has 98 valence electrons. The molecule has 8 heteroatoms. The minimum atomic E-state index is -1.70. The Morgan fingerprint density at radius 1 is 1.00 bits per heavy atom. The lowest BCUT2D eigenvalue weighted by Gasteiger charge is -2.06. The van der Waals surface area contributed by atoms with Crippen molar-refractivity contribution in [3.63, 3.8) is 0 Å². The number of pyridine rings is 1. The summed E-state index contributed by atoms with van der Waals surface area (Å²) in [7, 11) is 0. The molecule has 0 saturated heterocycles. The molecule has 1 aromatic heterocycles. The Hall–Kier alpha value is -3.03. The molecule has 19 heavy (non-hydrogen) atoms. The zero-order valence-electron chi connectivity index (χ0n) is 9.17.